The van der Waals surface area contributed by atoms with E-state index >= 15 is 0 Å². The minimum Gasteiger partial charge on any atom is -0.224 e. The summed E-state index contributed by atoms with van der Waals surface area (Å²) in [5, 5.41) is 0.0454. The third kappa shape index (κ3) is 2.42. The van der Waals surface area contributed by atoms with Gasteiger partial charge < -0.3 is 0 Å². The normalized spacial score (nSPS) is 10.7. The minimum absolute atomic E-state index is 0.0176. The Balaban J connectivity index is 3.35. The maximum atomic E-state index is 11.1. The second kappa shape index (κ2) is 3.92. The predicted molar refractivity (Wildman–Crippen MR) is 52.3 cm³/mol. The largest absolute Gasteiger partial charge is 0.240 e. The van der Waals surface area contributed by atoms with Crippen LogP contribution in [0.25, 0.3) is 0 Å². The van der Waals surface area contributed by atoms with E-state index in [1.54, 1.807) is 0 Å². The fourth-order valence-corrected chi connectivity index (χ4v) is 2.24. The first kappa shape index (κ1) is 10.9. The summed E-state index contributed by atoms with van der Waals surface area (Å²) in [6.07, 6.45) is 2.39. The molecule has 74 valence electrons. The van der Waals surface area contributed by atoms with Crippen molar-refractivity contribution in [1.82, 2.24) is 0 Å². The third-order valence-corrected chi connectivity index (χ3v) is 3.07. The van der Waals surface area contributed by atoms with Crippen molar-refractivity contribution in [3.8, 4) is 0 Å². The van der Waals surface area contributed by atoms with Gasteiger partial charge in [0.2, 0.25) is 6.08 Å². The number of halogens is 1. The number of isocyanates is 1. The molecule has 0 N–H and O–H groups in total. The zero-order chi connectivity index (χ0) is 10.8. The van der Waals surface area contributed by atoms with Gasteiger partial charge in [-0.1, -0.05) is 11.6 Å². The van der Waals surface area contributed by atoms with Crippen LogP contribution in [0.15, 0.2) is 28.1 Å². The van der Waals surface area contributed by atoms with Crippen LogP contribution < -0.4 is 0 Å². The van der Waals surface area contributed by atoms with Crippen molar-refractivity contribution in [3.05, 3.63) is 23.2 Å². The highest BCUT2D eigenvalue weighted by atomic mass is 35.5. The monoisotopic (exact) mass is 231 g/mol. The van der Waals surface area contributed by atoms with Gasteiger partial charge in [0.25, 0.3) is 0 Å². The van der Waals surface area contributed by atoms with Gasteiger partial charge in [0, 0.05) is 6.26 Å². The van der Waals surface area contributed by atoms with Gasteiger partial charge in [-0.15, -0.1) is 0 Å². The lowest BCUT2D eigenvalue weighted by atomic mass is 10.3. The van der Waals surface area contributed by atoms with Gasteiger partial charge in [-0.25, -0.2) is 13.2 Å². The van der Waals surface area contributed by atoms with Gasteiger partial charge in [-0.3, -0.25) is 0 Å². The quantitative estimate of drug-likeness (QED) is 0.575. The minimum atomic E-state index is -3.34. The van der Waals surface area contributed by atoms with Crippen LogP contribution in [0, 0.1) is 0 Å². The molecule has 14 heavy (non-hydrogen) atoms. The zero-order valence-corrected chi connectivity index (χ0v) is 8.76. The number of rotatable bonds is 2. The highest BCUT2D eigenvalue weighted by Gasteiger charge is 2.11. The van der Waals surface area contributed by atoms with Crippen LogP contribution in [0.5, 0.6) is 0 Å². The molecular weight excluding hydrogens is 226 g/mol. The number of nitrogens with zero attached hydrogens (tertiary/aromatic N) is 1. The molecule has 0 aliphatic carbocycles. The molecule has 1 aromatic rings. The van der Waals surface area contributed by atoms with E-state index in [2.05, 4.69) is 4.99 Å². The predicted octanol–water partition coefficient (Wildman–Crippen LogP) is 1.71. The summed E-state index contributed by atoms with van der Waals surface area (Å²) in [4.78, 5) is 13.2. The van der Waals surface area contributed by atoms with Crippen LogP contribution in [0.4, 0.5) is 5.69 Å². The van der Waals surface area contributed by atoms with Gasteiger partial charge in [-0.2, -0.15) is 4.99 Å². The number of carbonyl (C=O) groups excluding carboxylic acids is 1. The molecule has 1 aromatic carbocycles. The Morgan fingerprint density at radius 3 is 2.50 bits per heavy atom. The van der Waals surface area contributed by atoms with E-state index in [1.807, 2.05) is 0 Å². The lowest BCUT2D eigenvalue weighted by Gasteiger charge is -2.01. The number of aliphatic imine (C=N–C) groups is 1. The second-order valence-corrected chi connectivity index (χ2v) is 4.98. The first-order chi connectivity index (χ1) is 6.45. The summed E-state index contributed by atoms with van der Waals surface area (Å²) >= 11 is 5.68. The summed E-state index contributed by atoms with van der Waals surface area (Å²) < 4.78 is 22.3. The molecule has 6 heteroatoms. The van der Waals surface area contributed by atoms with Crippen LogP contribution >= 0.6 is 11.6 Å². The summed E-state index contributed by atoms with van der Waals surface area (Å²) in [5.74, 6) is 0. The molecule has 0 heterocycles. The van der Waals surface area contributed by atoms with E-state index in [0.717, 1.165) is 6.26 Å². The van der Waals surface area contributed by atoms with Crippen LogP contribution in [-0.4, -0.2) is 20.8 Å². The van der Waals surface area contributed by atoms with E-state index in [0.29, 0.717) is 0 Å². The number of hydrogen-bond donors (Lipinski definition) is 0. The molecule has 0 spiro atoms. The molecule has 0 saturated heterocycles. The van der Waals surface area contributed by atoms with Crippen molar-refractivity contribution in [2.24, 2.45) is 4.99 Å². The first-order valence-corrected chi connectivity index (χ1v) is 5.79. The van der Waals surface area contributed by atoms with Crippen molar-refractivity contribution >= 4 is 33.2 Å². The smallest absolute Gasteiger partial charge is 0.224 e. The van der Waals surface area contributed by atoms with Crippen LogP contribution in [0.3, 0.4) is 0 Å². The standard InChI is InChI=1S/C8H6ClNO3S/c1-14(12,13)8-3-2-6(10-5-11)4-7(8)9/h2-4H,1H3. The lowest BCUT2D eigenvalue weighted by Crippen LogP contribution is -1.97. The Morgan fingerprint density at radius 2 is 2.07 bits per heavy atom. The topological polar surface area (TPSA) is 63.6 Å². The van der Waals surface area contributed by atoms with Gasteiger partial charge >= 0.3 is 0 Å². The summed E-state index contributed by atoms with van der Waals surface area (Å²) in [6.45, 7) is 0. The molecule has 1 rings (SSSR count). The maximum Gasteiger partial charge on any atom is 0.240 e. The average molecular weight is 232 g/mol. The Kier molecular flexibility index (Phi) is 3.06. The van der Waals surface area contributed by atoms with Crippen LogP contribution in [-0.2, 0) is 14.6 Å². The van der Waals surface area contributed by atoms with E-state index in [9.17, 15) is 13.2 Å². The highest BCUT2D eigenvalue weighted by molar-refractivity contribution is 7.90. The molecule has 0 saturated carbocycles. The molecule has 0 aliphatic rings. The van der Waals surface area contributed by atoms with Crippen molar-refractivity contribution in [1.29, 1.82) is 0 Å². The first-order valence-electron chi connectivity index (χ1n) is 3.52. The maximum absolute atomic E-state index is 11.1. The van der Waals surface area contributed by atoms with E-state index < -0.39 is 9.84 Å². The Labute approximate surface area is 86.1 Å². The van der Waals surface area contributed by atoms with Crippen molar-refractivity contribution in [2.45, 2.75) is 4.90 Å². The number of benzene rings is 1. The van der Waals surface area contributed by atoms with Crippen molar-refractivity contribution in [2.75, 3.05) is 6.26 Å². The molecule has 0 atom stereocenters. The lowest BCUT2D eigenvalue weighted by molar-refractivity contribution is 0.565. The Morgan fingerprint density at radius 1 is 1.43 bits per heavy atom. The van der Waals surface area contributed by atoms with E-state index in [1.165, 1.54) is 24.3 Å². The Bertz CT molecular complexity index is 503. The van der Waals surface area contributed by atoms with Crippen LogP contribution in [0.2, 0.25) is 5.02 Å². The molecule has 0 amide bonds. The average Bonchev–Trinajstić information content (AvgIpc) is 2.02. The zero-order valence-electron chi connectivity index (χ0n) is 7.19. The molecule has 0 bridgehead atoms. The van der Waals surface area contributed by atoms with E-state index in [4.69, 9.17) is 11.6 Å². The van der Waals surface area contributed by atoms with E-state index in [-0.39, 0.29) is 15.6 Å². The third-order valence-electron chi connectivity index (χ3n) is 1.49. The molecule has 0 aromatic heterocycles. The molecule has 0 radical (unpaired) electrons. The van der Waals surface area contributed by atoms with Crippen LogP contribution in [0.1, 0.15) is 0 Å². The molecule has 0 unspecified atom stereocenters. The molecular formula is C8H6ClNO3S. The summed E-state index contributed by atoms with van der Waals surface area (Å²) in [7, 11) is -3.34. The van der Waals surface area contributed by atoms with Gasteiger partial charge in [0.05, 0.1) is 15.6 Å². The van der Waals surface area contributed by atoms with Gasteiger partial charge in [0.1, 0.15) is 0 Å². The van der Waals surface area contributed by atoms with Gasteiger partial charge in [0.15, 0.2) is 9.84 Å². The molecule has 0 fully saturated rings. The van der Waals surface area contributed by atoms with Crippen molar-refractivity contribution < 1.29 is 13.2 Å². The Hall–Kier alpha value is -1.16. The molecule has 0 aliphatic heterocycles. The SMILES string of the molecule is CS(=O)(=O)c1ccc(N=C=O)cc1Cl. The van der Waals surface area contributed by atoms with Crippen molar-refractivity contribution in [3.63, 3.8) is 0 Å². The van der Waals surface area contributed by atoms with Gasteiger partial charge in [-0.05, 0) is 18.2 Å². The summed E-state index contributed by atoms with van der Waals surface area (Å²) in [6, 6.07) is 3.98. The summed E-state index contributed by atoms with van der Waals surface area (Å²) in [5.41, 5.74) is 0.275. The number of hydrogen-bond acceptors (Lipinski definition) is 4. The fourth-order valence-electron chi connectivity index (χ4n) is 0.913. The highest BCUT2D eigenvalue weighted by Crippen LogP contribution is 2.25. The molecule has 4 nitrogen and oxygen atoms in total. The second-order valence-electron chi connectivity index (χ2n) is 2.59. The fraction of sp³-hybridized carbons (Fsp3) is 0.125. The number of sulfone groups is 1.